The fourth-order valence-corrected chi connectivity index (χ4v) is 2.92. The fraction of sp³-hybridized carbons (Fsp3) is 0.562. The number of nitrogens with zero attached hydrogens (tertiary/aromatic N) is 3. The zero-order valence-corrected chi connectivity index (χ0v) is 17.5. The van der Waals surface area contributed by atoms with Crippen LogP contribution < -0.4 is 5.32 Å². The highest BCUT2D eigenvalue weighted by Crippen LogP contribution is 2.16. The Kier molecular flexibility index (Phi) is 8.71. The number of hydrogen-bond acceptors (Lipinski definition) is 2. The number of nitrogens with one attached hydrogen (secondary N) is 1. The van der Waals surface area contributed by atoms with Crippen LogP contribution in [0, 0.1) is 0 Å². The molecule has 1 aromatic carbocycles. The number of guanidine groups is 1. The molecule has 0 amide bonds. The van der Waals surface area contributed by atoms with E-state index in [1.54, 1.807) is 0 Å². The van der Waals surface area contributed by atoms with Gasteiger partial charge < -0.3 is 10.2 Å². The van der Waals surface area contributed by atoms with Crippen molar-refractivity contribution < 1.29 is 0 Å². The van der Waals surface area contributed by atoms with E-state index < -0.39 is 0 Å². The van der Waals surface area contributed by atoms with Crippen LogP contribution >= 0.6 is 39.9 Å². The first-order chi connectivity index (χ1) is 10.1. The molecule has 6 heteroatoms. The summed E-state index contributed by atoms with van der Waals surface area (Å²) >= 11 is 3.48. The largest absolute Gasteiger partial charge is 0.353 e. The van der Waals surface area contributed by atoms with Gasteiger partial charge in [0.2, 0.25) is 0 Å². The van der Waals surface area contributed by atoms with Crippen molar-refractivity contribution in [3.05, 3.63) is 34.3 Å². The predicted molar refractivity (Wildman–Crippen MR) is 108 cm³/mol. The summed E-state index contributed by atoms with van der Waals surface area (Å²) in [6.07, 6.45) is 2.34. The van der Waals surface area contributed by atoms with Crippen molar-refractivity contribution in [3.63, 3.8) is 0 Å². The highest BCUT2D eigenvalue weighted by molar-refractivity contribution is 14.0. The Balaban J connectivity index is 0.00000242. The summed E-state index contributed by atoms with van der Waals surface area (Å²) < 4.78 is 1.14. The number of rotatable bonds is 3. The zero-order valence-electron chi connectivity index (χ0n) is 13.6. The predicted octanol–water partition coefficient (Wildman–Crippen LogP) is 3.17. The lowest BCUT2D eigenvalue weighted by atomic mass is 10.0. The van der Waals surface area contributed by atoms with E-state index in [1.165, 1.54) is 18.4 Å². The molecule has 4 nitrogen and oxygen atoms in total. The lowest BCUT2D eigenvalue weighted by molar-refractivity contribution is 0.197. The third-order valence-electron chi connectivity index (χ3n) is 3.88. The van der Waals surface area contributed by atoms with Gasteiger partial charge in [0.1, 0.15) is 0 Å². The summed E-state index contributed by atoms with van der Waals surface area (Å²) in [4.78, 5) is 8.85. The molecular weight excluding hydrogens is 455 g/mol. The van der Waals surface area contributed by atoms with Crippen LogP contribution in [0.5, 0.6) is 0 Å². The molecule has 0 saturated carbocycles. The number of likely N-dealkylation sites (tertiary alicyclic amines) is 1. The van der Waals surface area contributed by atoms with Crippen molar-refractivity contribution in [2.24, 2.45) is 4.99 Å². The molecule has 1 aliphatic rings. The topological polar surface area (TPSA) is 30.9 Å². The molecule has 0 aromatic heterocycles. The van der Waals surface area contributed by atoms with E-state index in [1.807, 2.05) is 26.0 Å². The summed E-state index contributed by atoms with van der Waals surface area (Å²) in [5.74, 6) is 0.973. The summed E-state index contributed by atoms with van der Waals surface area (Å²) in [5.41, 5.74) is 1.38. The Hall–Kier alpha value is -0.340. The maximum atomic E-state index is 4.29. The minimum absolute atomic E-state index is 0. The van der Waals surface area contributed by atoms with Crippen molar-refractivity contribution in [1.29, 1.82) is 0 Å². The average molecular weight is 481 g/mol. The number of hydrogen-bond donors (Lipinski definition) is 1. The maximum absolute atomic E-state index is 4.29. The van der Waals surface area contributed by atoms with Gasteiger partial charge in [-0.15, -0.1) is 24.0 Å². The molecule has 1 aliphatic heterocycles. The number of piperidine rings is 1. The molecule has 0 aliphatic carbocycles. The van der Waals surface area contributed by atoms with Gasteiger partial charge in [0, 0.05) is 51.3 Å². The van der Waals surface area contributed by atoms with Crippen LogP contribution in [0.4, 0.5) is 0 Å². The molecular formula is C16H26BrIN4. The van der Waals surface area contributed by atoms with Crippen molar-refractivity contribution in [3.8, 4) is 0 Å². The van der Waals surface area contributed by atoms with Gasteiger partial charge in [-0.25, -0.2) is 0 Å². The smallest absolute Gasteiger partial charge is 0.193 e. The Bertz CT molecular complexity index is 468. The van der Waals surface area contributed by atoms with Gasteiger partial charge in [0.25, 0.3) is 0 Å². The lowest BCUT2D eigenvalue weighted by Crippen LogP contribution is -2.48. The molecule has 0 unspecified atom stereocenters. The van der Waals surface area contributed by atoms with Gasteiger partial charge in [-0.3, -0.25) is 9.89 Å². The molecule has 1 fully saturated rings. The summed E-state index contributed by atoms with van der Waals surface area (Å²) in [6.45, 7) is 3.32. The van der Waals surface area contributed by atoms with Crippen LogP contribution in [0.1, 0.15) is 18.4 Å². The average Bonchev–Trinajstić information content (AvgIpc) is 2.48. The van der Waals surface area contributed by atoms with Gasteiger partial charge in [-0.1, -0.05) is 28.1 Å². The maximum Gasteiger partial charge on any atom is 0.193 e. The molecule has 22 heavy (non-hydrogen) atoms. The van der Waals surface area contributed by atoms with Gasteiger partial charge in [-0.2, -0.15) is 0 Å². The van der Waals surface area contributed by atoms with Crippen molar-refractivity contribution in [2.75, 3.05) is 34.2 Å². The molecule has 0 spiro atoms. The summed E-state index contributed by atoms with van der Waals surface area (Å²) in [5, 5.41) is 3.54. The molecule has 1 saturated heterocycles. The van der Waals surface area contributed by atoms with Crippen molar-refractivity contribution >= 4 is 45.9 Å². The van der Waals surface area contributed by atoms with Gasteiger partial charge in [0.15, 0.2) is 5.96 Å². The molecule has 2 rings (SSSR count). The van der Waals surface area contributed by atoms with Crippen molar-refractivity contribution in [1.82, 2.24) is 15.1 Å². The number of halogens is 2. The van der Waals surface area contributed by atoms with Crippen LogP contribution in [-0.2, 0) is 6.54 Å². The Morgan fingerprint density at radius 2 is 1.86 bits per heavy atom. The molecule has 0 bridgehead atoms. The molecule has 0 atom stereocenters. The Morgan fingerprint density at radius 3 is 2.36 bits per heavy atom. The molecule has 1 aromatic rings. The summed E-state index contributed by atoms with van der Waals surface area (Å²) in [6, 6.07) is 9.16. The zero-order chi connectivity index (χ0) is 15.2. The van der Waals surface area contributed by atoms with E-state index in [-0.39, 0.29) is 24.0 Å². The second-order valence-corrected chi connectivity index (χ2v) is 6.68. The first kappa shape index (κ1) is 19.7. The fourth-order valence-electron chi connectivity index (χ4n) is 2.66. The van der Waals surface area contributed by atoms with E-state index in [0.29, 0.717) is 6.04 Å². The first-order valence-electron chi connectivity index (χ1n) is 7.46. The van der Waals surface area contributed by atoms with E-state index in [0.717, 1.165) is 30.1 Å². The summed E-state index contributed by atoms with van der Waals surface area (Å²) in [7, 11) is 5.89. The van der Waals surface area contributed by atoms with Crippen LogP contribution in [0.3, 0.4) is 0 Å². The van der Waals surface area contributed by atoms with Gasteiger partial charge in [0.05, 0.1) is 0 Å². The van der Waals surface area contributed by atoms with Crippen LogP contribution in [0.25, 0.3) is 0 Å². The Labute approximate surface area is 159 Å². The van der Waals surface area contributed by atoms with Crippen LogP contribution in [-0.4, -0.2) is 56.0 Å². The minimum atomic E-state index is 0. The highest BCUT2D eigenvalue weighted by Gasteiger charge is 2.20. The third-order valence-corrected chi connectivity index (χ3v) is 4.40. The number of aliphatic imine (C=N–C) groups is 1. The highest BCUT2D eigenvalue weighted by atomic mass is 127. The second-order valence-electron chi connectivity index (χ2n) is 5.76. The number of benzene rings is 1. The quantitative estimate of drug-likeness (QED) is 0.409. The van der Waals surface area contributed by atoms with Gasteiger partial charge in [-0.05, 0) is 30.5 Å². The molecule has 0 radical (unpaired) electrons. The SMILES string of the molecule is CN=C(NC1CCN(Cc2ccc(Br)cc2)CC1)N(C)C.I. The van der Waals surface area contributed by atoms with E-state index >= 15 is 0 Å². The Morgan fingerprint density at radius 1 is 1.27 bits per heavy atom. The monoisotopic (exact) mass is 480 g/mol. The standard InChI is InChI=1S/C16H25BrN4.HI/c1-18-16(20(2)3)19-15-8-10-21(11-9-15)12-13-4-6-14(17)7-5-13;/h4-7,15H,8-12H2,1-3H3,(H,18,19);1H. The van der Waals surface area contributed by atoms with Crippen LogP contribution in [0.2, 0.25) is 0 Å². The van der Waals surface area contributed by atoms with Crippen molar-refractivity contribution in [2.45, 2.75) is 25.4 Å². The van der Waals surface area contributed by atoms with E-state index in [4.69, 9.17) is 0 Å². The first-order valence-corrected chi connectivity index (χ1v) is 8.25. The van der Waals surface area contributed by atoms with Gasteiger partial charge >= 0.3 is 0 Å². The van der Waals surface area contributed by atoms with E-state index in [2.05, 4.69) is 55.4 Å². The molecule has 1 N–H and O–H groups in total. The second kappa shape index (κ2) is 9.72. The third kappa shape index (κ3) is 6.04. The molecule has 1 heterocycles. The lowest BCUT2D eigenvalue weighted by Gasteiger charge is -2.34. The normalized spacial score (nSPS) is 17.0. The minimum Gasteiger partial charge on any atom is -0.353 e. The van der Waals surface area contributed by atoms with E-state index in [9.17, 15) is 0 Å². The van der Waals surface area contributed by atoms with Crippen LogP contribution in [0.15, 0.2) is 33.7 Å². The molecule has 124 valence electrons.